The minimum Gasteiger partial charge on any atom is -0.398 e. The van der Waals surface area contributed by atoms with Crippen LogP contribution in [0, 0.1) is 23.0 Å². The smallest absolute Gasteiger partial charge is 0.184 e. The van der Waals surface area contributed by atoms with Crippen molar-refractivity contribution in [2.75, 3.05) is 5.73 Å². The second kappa shape index (κ2) is 5.50. The molecule has 0 aromatic heterocycles. The zero-order valence-electron chi connectivity index (χ0n) is 10.7. The molecular formula is C14H10F2N2O2S. The summed E-state index contributed by atoms with van der Waals surface area (Å²) < 4.78 is 51.3. The normalized spacial score (nSPS) is 11.1. The van der Waals surface area contributed by atoms with E-state index in [0.717, 1.165) is 24.3 Å². The van der Waals surface area contributed by atoms with Crippen LogP contribution in [0.4, 0.5) is 14.5 Å². The summed E-state index contributed by atoms with van der Waals surface area (Å²) in [4.78, 5) is -0.383. The van der Waals surface area contributed by atoms with Gasteiger partial charge in [-0.15, -0.1) is 0 Å². The maximum Gasteiger partial charge on any atom is 0.184 e. The van der Waals surface area contributed by atoms with E-state index in [-0.39, 0.29) is 21.7 Å². The molecule has 2 N–H and O–H groups in total. The van der Waals surface area contributed by atoms with E-state index >= 15 is 0 Å². The summed E-state index contributed by atoms with van der Waals surface area (Å²) in [5, 5.41) is 8.64. The van der Waals surface area contributed by atoms with Crippen molar-refractivity contribution in [1.82, 2.24) is 0 Å². The lowest BCUT2D eigenvalue weighted by Crippen LogP contribution is -2.09. The van der Waals surface area contributed by atoms with Crippen molar-refractivity contribution in [3.8, 4) is 6.07 Å². The zero-order chi connectivity index (χ0) is 15.6. The van der Waals surface area contributed by atoms with Gasteiger partial charge in [0.1, 0.15) is 11.6 Å². The predicted octanol–water partition coefficient (Wildman–Crippen LogP) is 2.39. The second-order valence-electron chi connectivity index (χ2n) is 4.36. The van der Waals surface area contributed by atoms with Crippen LogP contribution in [0.5, 0.6) is 0 Å². The first-order valence-electron chi connectivity index (χ1n) is 5.80. The van der Waals surface area contributed by atoms with Crippen LogP contribution in [0.1, 0.15) is 11.1 Å². The van der Waals surface area contributed by atoms with Crippen LogP contribution in [0.2, 0.25) is 0 Å². The Morgan fingerprint density at radius 2 is 1.86 bits per heavy atom. The average Bonchev–Trinajstić information content (AvgIpc) is 2.43. The number of hydrogen-bond donors (Lipinski definition) is 1. The average molecular weight is 308 g/mol. The van der Waals surface area contributed by atoms with Crippen LogP contribution in [0.25, 0.3) is 0 Å². The summed E-state index contributed by atoms with van der Waals surface area (Å²) in [7, 11) is -4.00. The molecule has 0 saturated carbocycles. The van der Waals surface area contributed by atoms with E-state index in [1.807, 2.05) is 0 Å². The lowest BCUT2D eigenvalue weighted by atomic mass is 10.1. The number of hydrogen-bond acceptors (Lipinski definition) is 4. The van der Waals surface area contributed by atoms with Crippen LogP contribution < -0.4 is 5.73 Å². The molecule has 0 aliphatic heterocycles. The molecule has 0 unspecified atom stereocenters. The number of nitrogens with two attached hydrogens (primary N) is 1. The van der Waals surface area contributed by atoms with E-state index in [9.17, 15) is 17.2 Å². The van der Waals surface area contributed by atoms with E-state index in [2.05, 4.69) is 0 Å². The predicted molar refractivity (Wildman–Crippen MR) is 72.8 cm³/mol. The molecule has 0 spiro atoms. The number of nitrogen functional groups attached to an aromatic ring is 1. The number of anilines is 1. The van der Waals surface area contributed by atoms with Crippen molar-refractivity contribution in [1.29, 1.82) is 5.26 Å². The molecule has 0 aliphatic carbocycles. The van der Waals surface area contributed by atoms with Crippen LogP contribution in [0.3, 0.4) is 0 Å². The fourth-order valence-corrected chi connectivity index (χ4v) is 3.31. The first kappa shape index (κ1) is 14.9. The van der Waals surface area contributed by atoms with Gasteiger partial charge in [0.15, 0.2) is 9.84 Å². The second-order valence-corrected chi connectivity index (χ2v) is 6.32. The van der Waals surface area contributed by atoms with Gasteiger partial charge < -0.3 is 5.73 Å². The molecule has 2 aromatic rings. The molecule has 0 fully saturated rings. The quantitative estimate of drug-likeness (QED) is 0.882. The Labute approximate surface area is 120 Å². The van der Waals surface area contributed by atoms with Crippen LogP contribution in [0.15, 0.2) is 41.3 Å². The van der Waals surface area contributed by atoms with Gasteiger partial charge in [-0.05, 0) is 30.3 Å². The van der Waals surface area contributed by atoms with Gasteiger partial charge >= 0.3 is 0 Å². The highest BCUT2D eigenvalue weighted by molar-refractivity contribution is 7.90. The summed E-state index contributed by atoms with van der Waals surface area (Å²) in [6, 6.07) is 8.18. The SMILES string of the molecule is N#Cc1ccc(CS(=O)(=O)c2cc(F)ccc2N)c(F)c1. The molecule has 0 radical (unpaired) electrons. The molecule has 0 bridgehead atoms. The molecule has 0 aliphatic rings. The Hall–Kier alpha value is -2.46. The third-order valence-corrected chi connectivity index (χ3v) is 4.55. The molecule has 0 saturated heterocycles. The number of halogens is 2. The summed E-state index contributed by atoms with van der Waals surface area (Å²) in [5.41, 5.74) is 5.39. The van der Waals surface area contributed by atoms with Gasteiger partial charge in [0.25, 0.3) is 0 Å². The van der Waals surface area contributed by atoms with E-state index in [1.165, 1.54) is 12.1 Å². The van der Waals surface area contributed by atoms with Crippen molar-refractivity contribution in [3.63, 3.8) is 0 Å². The lowest BCUT2D eigenvalue weighted by molar-refractivity contribution is 0.584. The number of sulfone groups is 1. The third-order valence-electron chi connectivity index (χ3n) is 2.84. The molecule has 2 rings (SSSR count). The van der Waals surface area contributed by atoms with E-state index in [0.29, 0.717) is 0 Å². The number of nitriles is 1. The molecule has 0 heterocycles. The van der Waals surface area contributed by atoms with Gasteiger partial charge in [0.2, 0.25) is 0 Å². The van der Waals surface area contributed by atoms with Gasteiger partial charge in [-0.25, -0.2) is 17.2 Å². The van der Waals surface area contributed by atoms with E-state index < -0.39 is 27.2 Å². The van der Waals surface area contributed by atoms with Crippen LogP contribution in [-0.2, 0) is 15.6 Å². The fraction of sp³-hybridized carbons (Fsp3) is 0.0714. The third kappa shape index (κ3) is 3.17. The topological polar surface area (TPSA) is 84.0 Å². The maximum atomic E-state index is 13.7. The Balaban J connectivity index is 2.43. The molecule has 0 amide bonds. The van der Waals surface area contributed by atoms with Gasteiger partial charge in [-0.1, -0.05) is 6.07 Å². The summed E-state index contributed by atoms with van der Waals surface area (Å²) in [6.07, 6.45) is 0. The van der Waals surface area contributed by atoms with Crippen LogP contribution >= 0.6 is 0 Å². The largest absolute Gasteiger partial charge is 0.398 e. The van der Waals surface area contributed by atoms with Crippen LogP contribution in [-0.4, -0.2) is 8.42 Å². The molecule has 21 heavy (non-hydrogen) atoms. The zero-order valence-corrected chi connectivity index (χ0v) is 11.5. The lowest BCUT2D eigenvalue weighted by Gasteiger charge is -2.08. The molecule has 7 heteroatoms. The molecule has 4 nitrogen and oxygen atoms in total. The summed E-state index contributed by atoms with van der Waals surface area (Å²) >= 11 is 0. The van der Waals surface area contributed by atoms with Crippen molar-refractivity contribution in [3.05, 3.63) is 59.2 Å². The standard InChI is InChI=1S/C14H10F2N2O2S/c15-11-3-4-13(18)14(6-11)21(19,20)8-10-2-1-9(7-17)5-12(10)16/h1-6H,8,18H2. The summed E-state index contributed by atoms with van der Waals surface area (Å²) in [6.45, 7) is 0. The van der Waals surface area contributed by atoms with Crippen molar-refractivity contribution in [2.45, 2.75) is 10.6 Å². The highest BCUT2D eigenvalue weighted by Crippen LogP contribution is 2.24. The monoisotopic (exact) mass is 308 g/mol. The number of benzene rings is 2. The molecular weight excluding hydrogens is 298 g/mol. The first-order valence-corrected chi connectivity index (χ1v) is 7.45. The van der Waals surface area contributed by atoms with Gasteiger partial charge in [-0.2, -0.15) is 5.26 Å². The Kier molecular flexibility index (Phi) is 3.91. The van der Waals surface area contributed by atoms with E-state index in [4.69, 9.17) is 11.0 Å². The Morgan fingerprint density at radius 1 is 1.14 bits per heavy atom. The minimum atomic E-state index is -4.00. The molecule has 2 aromatic carbocycles. The first-order chi connectivity index (χ1) is 9.83. The van der Waals surface area contributed by atoms with Crippen molar-refractivity contribution >= 4 is 15.5 Å². The van der Waals surface area contributed by atoms with Crippen molar-refractivity contribution < 1.29 is 17.2 Å². The number of nitrogens with zero attached hydrogens (tertiary/aromatic N) is 1. The van der Waals surface area contributed by atoms with E-state index in [1.54, 1.807) is 6.07 Å². The van der Waals surface area contributed by atoms with Gasteiger partial charge in [-0.3, -0.25) is 0 Å². The minimum absolute atomic E-state index is 0.0823. The number of rotatable bonds is 3. The van der Waals surface area contributed by atoms with Crippen molar-refractivity contribution in [2.24, 2.45) is 0 Å². The molecule has 0 atom stereocenters. The maximum absolute atomic E-state index is 13.7. The van der Waals surface area contributed by atoms with Gasteiger partial charge in [0.05, 0.1) is 28.0 Å². The molecule has 108 valence electrons. The Morgan fingerprint density at radius 3 is 2.48 bits per heavy atom. The summed E-state index contributed by atoms with van der Waals surface area (Å²) in [5.74, 6) is -2.23. The highest BCUT2D eigenvalue weighted by Gasteiger charge is 2.21. The Bertz CT molecular complexity index is 843. The fourth-order valence-electron chi connectivity index (χ4n) is 1.79. The van der Waals surface area contributed by atoms with Gasteiger partial charge in [0, 0.05) is 5.56 Å². The highest BCUT2D eigenvalue weighted by atomic mass is 32.2.